The maximum atomic E-state index is 13.5. The van der Waals surface area contributed by atoms with Crippen LogP contribution < -0.4 is 10.9 Å². The lowest BCUT2D eigenvalue weighted by atomic mass is 10.1. The fourth-order valence-electron chi connectivity index (χ4n) is 4.11. The lowest BCUT2D eigenvalue weighted by Crippen LogP contribution is -2.31. The lowest BCUT2D eigenvalue weighted by molar-refractivity contribution is -0.117. The van der Waals surface area contributed by atoms with Crippen molar-refractivity contribution in [2.75, 3.05) is 5.32 Å². The third-order valence-corrected chi connectivity index (χ3v) is 6.37. The SMILES string of the molecule is Cc1ccc(C)c(NC(=O)Cn2nc(C3CC3)c3cnn(-c4ccc(C)c(C)c4)c3c2=O)c1. The van der Waals surface area contributed by atoms with E-state index in [1.165, 1.54) is 10.2 Å². The number of hydrogen-bond acceptors (Lipinski definition) is 4. The summed E-state index contributed by atoms with van der Waals surface area (Å²) in [7, 11) is 0. The molecule has 0 bridgehead atoms. The van der Waals surface area contributed by atoms with Gasteiger partial charge in [-0.2, -0.15) is 10.2 Å². The molecule has 0 unspecified atom stereocenters. The van der Waals surface area contributed by atoms with E-state index in [1.54, 1.807) is 10.9 Å². The Morgan fingerprint density at radius 2 is 1.79 bits per heavy atom. The van der Waals surface area contributed by atoms with E-state index >= 15 is 0 Å². The Balaban J connectivity index is 1.57. The van der Waals surface area contributed by atoms with E-state index in [9.17, 15) is 9.59 Å². The van der Waals surface area contributed by atoms with Crippen LogP contribution >= 0.6 is 0 Å². The molecule has 1 aliphatic rings. The summed E-state index contributed by atoms with van der Waals surface area (Å²) >= 11 is 0. The highest BCUT2D eigenvalue weighted by atomic mass is 16.2. The quantitative estimate of drug-likeness (QED) is 0.500. The molecule has 2 heterocycles. The maximum absolute atomic E-state index is 13.5. The first-order chi connectivity index (χ1) is 15.8. The van der Waals surface area contributed by atoms with Crippen LogP contribution in [0, 0.1) is 27.7 Å². The maximum Gasteiger partial charge on any atom is 0.293 e. The van der Waals surface area contributed by atoms with Crippen LogP contribution in [-0.4, -0.2) is 25.5 Å². The van der Waals surface area contributed by atoms with Gasteiger partial charge in [0.05, 0.1) is 17.6 Å². The highest BCUT2D eigenvalue weighted by Gasteiger charge is 2.30. The van der Waals surface area contributed by atoms with Gasteiger partial charge < -0.3 is 5.32 Å². The van der Waals surface area contributed by atoms with Crippen molar-refractivity contribution in [2.24, 2.45) is 0 Å². The van der Waals surface area contributed by atoms with Crippen molar-refractivity contribution in [1.82, 2.24) is 19.6 Å². The van der Waals surface area contributed by atoms with Crippen molar-refractivity contribution in [2.45, 2.75) is 53.0 Å². The van der Waals surface area contributed by atoms with E-state index in [0.717, 1.165) is 52.0 Å². The van der Waals surface area contributed by atoms with Gasteiger partial charge in [-0.05, 0) is 81.0 Å². The second-order valence-corrected chi connectivity index (χ2v) is 9.08. The summed E-state index contributed by atoms with van der Waals surface area (Å²) in [5.74, 6) is 0.0236. The fourth-order valence-corrected chi connectivity index (χ4v) is 4.11. The van der Waals surface area contributed by atoms with Crippen LogP contribution in [0.15, 0.2) is 47.4 Å². The molecule has 0 atom stereocenters. The third kappa shape index (κ3) is 3.95. The van der Waals surface area contributed by atoms with E-state index < -0.39 is 0 Å². The van der Waals surface area contributed by atoms with Crippen LogP contribution in [0.4, 0.5) is 5.69 Å². The molecule has 5 rings (SSSR count). The number of aryl methyl sites for hydroxylation is 4. The first-order valence-electron chi connectivity index (χ1n) is 11.3. The number of hydrogen-bond donors (Lipinski definition) is 1. The molecule has 1 amide bonds. The van der Waals surface area contributed by atoms with Gasteiger partial charge in [0.1, 0.15) is 12.1 Å². The van der Waals surface area contributed by atoms with Gasteiger partial charge >= 0.3 is 0 Å². The van der Waals surface area contributed by atoms with E-state index in [0.29, 0.717) is 11.4 Å². The molecule has 0 radical (unpaired) electrons. The molecule has 2 aromatic carbocycles. The van der Waals surface area contributed by atoms with Crippen LogP contribution in [0.3, 0.4) is 0 Å². The van der Waals surface area contributed by atoms with E-state index in [4.69, 9.17) is 0 Å². The average molecular weight is 442 g/mol. The fraction of sp³-hybridized carbons (Fsp3) is 0.308. The number of nitrogens with zero attached hydrogens (tertiary/aromatic N) is 4. The van der Waals surface area contributed by atoms with Gasteiger partial charge in [0.15, 0.2) is 0 Å². The minimum absolute atomic E-state index is 0.153. The second-order valence-electron chi connectivity index (χ2n) is 9.08. The molecule has 2 aromatic heterocycles. The standard InChI is InChI=1S/C26H27N5O2/c1-15-5-6-17(3)22(11-15)28-23(32)14-30-26(33)25-21(24(29-30)19-8-9-19)13-27-31(25)20-10-7-16(2)18(4)12-20/h5-7,10-13,19H,8-9,14H2,1-4H3,(H,28,32). The van der Waals surface area contributed by atoms with E-state index in [-0.39, 0.29) is 18.0 Å². The van der Waals surface area contributed by atoms with Gasteiger partial charge in [0.2, 0.25) is 5.91 Å². The largest absolute Gasteiger partial charge is 0.324 e. The van der Waals surface area contributed by atoms with Crippen LogP contribution in [-0.2, 0) is 11.3 Å². The summed E-state index contributed by atoms with van der Waals surface area (Å²) in [4.78, 5) is 26.4. The lowest BCUT2D eigenvalue weighted by Gasteiger charge is -2.12. The van der Waals surface area contributed by atoms with Gasteiger partial charge in [-0.25, -0.2) is 9.36 Å². The number of nitrogens with one attached hydrogen (secondary N) is 1. The Bertz CT molecular complexity index is 1460. The number of amides is 1. The molecule has 0 spiro atoms. The molecular formula is C26H27N5O2. The van der Waals surface area contributed by atoms with Crippen LogP contribution in [0.5, 0.6) is 0 Å². The molecule has 1 aliphatic carbocycles. The molecule has 1 fully saturated rings. The molecule has 4 aromatic rings. The zero-order valence-electron chi connectivity index (χ0n) is 19.3. The number of carbonyl (C=O) groups is 1. The van der Waals surface area contributed by atoms with Gasteiger partial charge in [-0.15, -0.1) is 0 Å². The van der Waals surface area contributed by atoms with Crippen molar-refractivity contribution in [3.8, 4) is 5.69 Å². The molecule has 1 N–H and O–H groups in total. The summed E-state index contributed by atoms with van der Waals surface area (Å²) in [6, 6.07) is 11.9. The number of carbonyl (C=O) groups excluding carboxylic acids is 1. The number of benzene rings is 2. The number of anilines is 1. The van der Waals surface area contributed by atoms with Crippen LogP contribution in [0.1, 0.15) is 46.7 Å². The molecule has 7 nitrogen and oxygen atoms in total. The molecular weight excluding hydrogens is 414 g/mol. The monoisotopic (exact) mass is 441 g/mol. The van der Waals surface area contributed by atoms with Crippen LogP contribution in [0.25, 0.3) is 16.6 Å². The number of aromatic nitrogens is 4. The summed E-state index contributed by atoms with van der Waals surface area (Å²) in [6.07, 6.45) is 3.79. The van der Waals surface area contributed by atoms with Crippen molar-refractivity contribution >= 4 is 22.5 Å². The summed E-state index contributed by atoms with van der Waals surface area (Å²) in [5.41, 5.74) is 6.89. The molecule has 1 saturated carbocycles. The van der Waals surface area contributed by atoms with Crippen molar-refractivity contribution < 1.29 is 4.79 Å². The van der Waals surface area contributed by atoms with Crippen molar-refractivity contribution in [3.63, 3.8) is 0 Å². The number of fused-ring (bicyclic) bond motifs is 1. The zero-order valence-corrected chi connectivity index (χ0v) is 19.3. The Morgan fingerprint density at radius 1 is 1.03 bits per heavy atom. The molecule has 168 valence electrons. The van der Waals surface area contributed by atoms with E-state index in [2.05, 4.69) is 22.4 Å². The smallest absolute Gasteiger partial charge is 0.293 e. The van der Waals surface area contributed by atoms with E-state index in [1.807, 2.05) is 57.2 Å². The minimum Gasteiger partial charge on any atom is -0.324 e. The average Bonchev–Trinajstić information content (AvgIpc) is 3.52. The van der Waals surface area contributed by atoms with Crippen molar-refractivity contribution in [3.05, 3.63) is 80.9 Å². The second kappa shape index (κ2) is 7.99. The normalized spacial score (nSPS) is 13.5. The molecule has 7 heteroatoms. The van der Waals surface area contributed by atoms with Crippen molar-refractivity contribution in [1.29, 1.82) is 0 Å². The molecule has 0 saturated heterocycles. The Labute approximate surface area is 192 Å². The molecule has 33 heavy (non-hydrogen) atoms. The first kappa shape index (κ1) is 21.1. The Kier molecular flexibility index (Phi) is 5.12. The van der Waals surface area contributed by atoms with Gasteiger partial charge in [0.25, 0.3) is 5.56 Å². The topological polar surface area (TPSA) is 81.8 Å². The molecule has 0 aliphatic heterocycles. The summed E-state index contributed by atoms with van der Waals surface area (Å²) in [5, 5.41) is 12.9. The highest BCUT2D eigenvalue weighted by molar-refractivity contribution is 5.91. The number of rotatable bonds is 5. The summed E-state index contributed by atoms with van der Waals surface area (Å²) in [6.45, 7) is 7.86. The van der Waals surface area contributed by atoms with Crippen LogP contribution in [0.2, 0.25) is 0 Å². The zero-order chi connectivity index (χ0) is 23.3. The van der Waals surface area contributed by atoms with Gasteiger partial charge in [-0.1, -0.05) is 18.2 Å². The Morgan fingerprint density at radius 3 is 2.52 bits per heavy atom. The van der Waals surface area contributed by atoms with Gasteiger partial charge in [-0.3, -0.25) is 9.59 Å². The van der Waals surface area contributed by atoms with Gasteiger partial charge in [0, 0.05) is 17.0 Å². The predicted molar refractivity (Wildman–Crippen MR) is 129 cm³/mol. The highest BCUT2D eigenvalue weighted by Crippen LogP contribution is 2.41. The first-order valence-corrected chi connectivity index (χ1v) is 11.3. The predicted octanol–water partition coefficient (Wildman–Crippen LogP) is 4.33. The Hall–Kier alpha value is -3.74. The minimum atomic E-state index is -0.318. The summed E-state index contributed by atoms with van der Waals surface area (Å²) < 4.78 is 2.96. The third-order valence-electron chi connectivity index (χ3n) is 6.37.